The van der Waals surface area contributed by atoms with Crippen molar-refractivity contribution in [3.05, 3.63) is 39.9 Å². The van der Waals surface area contributed by atoms with Crippen LogP contribution in [-0.2, 0) is 6.54 Å². The average molecular weight is 323 g/mol. The number of anilines is 1. The highest BCUT2D eigenvalue weighted by Gasteiger charge is 2.22. The fourth-order valence-corrected chi connectivity index (χ4v) is 3.18. The third-order valence-electron chi connectivity index (χ3n) is 3.76. The van der Waals surface area contributed by atoms with E-state index in [1.54, 1.807) is 5.57 Å². The second-order valence-electron chi connectivity index (χ2n) is 6.17. The summed E-state index contributed by atoms with van der Waals surface area (Å²) in [5.41, 5.74) is 9.97. The predicted octanol–water partition coefficient (Wildman–Crippen LogP) is 4.09. The lowest BCUT2D eigenvalue weighted by Crippen LogP contribution is -2.31. The Morgan fingerprint density at radius 2 is 2.05 bits per heavy atom. The highest BCUT2D eigenvalue weighted by Crippen LogP contribution is 2.34. The minimum atomic E-state index is 0.298. The van der Waals surface area contributed by atoms with Crippen LogP contribution in [0.4, 0.5) is 5.69 Å². The van der Waals surface area contributed by atoms with Gasteiger partial charge in [-0.3, -0.25) is 0 Å². The van der Waals surface area contributed by atoms with Crippen LogP contribution in [0.2, 0.25) is 0 Å². The summed E-state index contributed by atoms with van der Waals surface area (Å²) in [7, 11) is 0. The number of halogens is 1. The van der Waals surface area contributed by atoms with E-state index < -0.39 is 0 Å². The normalized spacial score (nSPS) is 16.5. The maximum absolute atomic E-state index is 5.67. The Kier molecular flexibility index (Phi) is 4.36. The minimum absolute atomic E-state index is 0.298. The van der Waals surface area contributed by atoms with Crippen LogP contribution in [0.1, 0.15) is 32.8 Å². The average Bonchev–Trinajstić information content (AvgIpc) is 2.37. The molecule has 1 aromatic carbocycles. The lowest BCUT2D eigenvalue weighted by molar-refractivity contribution is 0.472. The van der Waals surface area contributed by atoms with Crippen LogP contribution in [0, 0.1) is 5.41 Å². The molecule has 0 amide bonds. The molecular formula is C16H23BrN2. The molecule has 104 valence electrons. The summed E-state index contributed by atoms with van der Waals surface area (Å²) >= 11 is 3.66. The minimum Gasteiger partial charge on any atom is -0.367 e. The zero-order valence-electron chi connectivity index (χ0n) is 12.0. The Bertz CT molecular complexity index is 486. The molecule has 0 aromatic heterocycles. The molecule has 1 aromatic rings. The summed E-state index contributed by atoms with van der Waals surface area (Å²) in [6.07, 6.45) is 3.53. The van der Waals surface area contributed by atoms with Crippen molar-refractivity contribution >= 4 is 21.6 Å². The van der Waals surface area contributed by atoms with E-state index in [4.69, 9.17) is 5.73 Å². The number of nitrogens with two attached hydrogens (primary N) is 1. The standard InChI is InChI=1S/C16H23BrN2/c1-16(2,3)13-6-8-19(9-7-13)15-5-4-12(11-18)10-14(15)17/h4-6,10H,7-9,11,18H2,1-3H3. The molecule has 1 aliphatic rings. The number of nitrogens with zero attached hydrogens (tertiary/aromatic N) is 1. The summed E-state index contributed by atoms with van der Waals surface area (Å²) in [5, 5.41) is 0. The maximum atomic E-state index is 5.67. The largest absolute Gasteiger partial charge is 0.367 e. The van der Waals surface area contributed by atoms with E-state index in [0.29, 0.717) is 12.0 Å². The van der Waals surface area contributed by atoms with Gasteiger partial charge in [0.2, 0.25) is 0 Å². The van der Waals surface area contributed by atoms with Crippen molar-refractivity contribution in [2.45, 2.75) is 33.7 Å². The molecule has 0 unspecified atom stereocenters. The van der Waals surface area contributed by atoms with Crippen molar-refractivity contribution in [2.24, 2.45) is 11.1 Å². The van der Waals surface area contributed by atoms with Gasteiger partial charge < -0.3 is 10.6 Å². The molecule has 0 aliphatic carbocycles. The van der Waals surface area contributed by atoms with E-state index in [9.17, 15) is 0 Å². The summed E-state index contributed by atoms with van der Waals surface area (Å²) in [5.74, 6) is 0. The molecule has 0 saturated heterocycles. The summed E-state index contributed by atoms with van der Waals surface area (Å²) < 4.78 is 1.14. The van der Waals surface area contributed by atoms with Gasteiger partial charge in [0.05, 0.1) is 5.69 Å². The number of rotatable bonds is 2. The van der Waals surface area contributed by atoms with Gasteiger partial charge in [0.1, 0.15) is 0 Å². The van der Waals surface area contributed by atoms with Crippen LogP contribution >= 0.6 is 15.9 Å². The van der Waals surface area contributed by atoms with Crippen molar-refractivity contribution in [1.29, 1.82) is 0 Å². The van der Waals surface area contributed by atoms with Crippen LogP contribution in [0.25, 0.3) is 0 Å². The molecule has 0 atom stereocenters. The molecule has 19 heavy (non-hydrogen) atoms. The monoisotopic (exact) mass is 322 g/mol. The molecule has 3 heteroatoms. The van der Waals surface area contributed by atoms with Gasteiger partial charge in [0.25, 0.3) is 0 Å². The molecule has 2 rings (SSSR count). The molecule has 1 aliphatic heterocycles. The van der Waals surface area contributed by atoms with Crippen LogP contribution in [-0.4, -0.2) is 13.1 Å². The smallest absolute Gasteiger partial charge is 0.0513 e. The van der Waals surface area contributed by atoms with Gasteiger partial charge in [-0.1, -0.05) is 38.5 Å². The number of benzene rings is 1. The third-order valence-corrected chi connectivity index (χ3v) is 4.40. The first-order valence-electron chi connectivity index (χ1n) is 6.85. The molecule has 2 N–H and O–H groups in total. The predicted molar refractivity (Wildman–Crippen MR) is 86.4 cm³/mol. The van der Waals surface area contributed by atoms with E-state index in [-0.39, 0.29) is 0 Å². The Labute approximate surface area is 124 Å². The van der Waals surface area contributed by atoms with Crippen LogP contribution < -0.4 is 10.6 Å². The highest BCUT2D eigenvalue weighted by molar-refractivity contribution is 9.10. The molecule has 0 spiro atoms. The van der Waals surface area contributed by atoms with Crippen molar-refractivity contribution < 1.29 is 0 Å². The molecule has 2 nitrogen and oxygen atoms in total. The highest BCUT2D eigenvalue weighted by atomic mass is 79.9. The van der Waals surface area contributed by atoms with Crippen molar-refractivity contribution in [3.63, 3.8) is 0 Å². The first-order valence-corrected chi connectivity index (χ1v) is 7.64. The molecule has 0 saturated carbocycles. The summed E-state index contributed by atoms with van der Waals surface area (Å²) in [6.45, 7) is 9.55. The van der Waals surface area contributed by atoms with Crippen LogP contribution in [0.5, 0.6) is 0 Å². The lowest BCUT2D eigenvalue weighted by Gasteiger charge is -2.34. The topological polar surface area (TPSA) is 29.3 Å². The Morgan fingerprint density at radius 1 is 1.32 bits per heavy atom. The fourth-order valence-electron chi connectivity index (χ4n) is 2.50. The zero-order valence-corrected chi connectivity index (χ0v) is 13.6. The Balaban J connectivity index is 2.16. The molecular weight excluding hydrogens is 300 g/mol. The molecule has 1 heterocycles. The summed E-state index contributed by atoms with van der Waals surface area (Å²) in [4.78, 5) is 2.42. The van der Waals surface area contributed by atoms with Gasteiger partial charge in [-0.15, -0.1) is 0 Å². The first-order chi connectivity index (χ1) is 8.91. The van der Waals surface area contributed by atoms with Gasteiger partial charge in [0, 0.05) is 24.1 Å². The van der Waals surface area contributed by atoms with E-state index in [1.165, 1.54) is 11.3 Å². The number of hydrogen-bond acceptors (Lipinski definition) is 2. The van der Waals surface area contributed by atoms with E-state index in [0.717, 1.165) is 24.0 Å². The Hall–Kier alpha value is -0.800. The van der Waals surface area contributed by atoms with Gasteiger partial charge in [-0.25, -0.2) is 0 Å². The molecule has 0 fully saturated rings. The van der Waals surface area contributed by atoms with Gasteiger partial charge in [-0.05, 0) is 45.5 Å². The number of hydrogen-bond donors (Lipinski definition) is 1. The first kappa shape index (κ1) is 14.6. The maximum Gasteiger partial charge on any atom is 0.0513 e. The molecule has 0 bridgehead atoms. The second-order valence-corrected chi connectivity index (χ2v) is 7.02. The van der Waals surface area contributed by atoms with E-state index >= 15 is 0 Å². The lowest BCUT2D eigenvalue weighted by atomic mass is 9.83. The quantitative estimate of drug-likeness (QED) is 0.831. The zero-order chi connectivity index (χ0) is 14.0. The van der Waals surface area contributed by atoms with Crippen LogP contribution in [0.15, 0.2) is 34.3 Å². The van der Waals surface area contributed by atoms with Gasteiger partial charge >= 0.3 is 0 Å². The van der Waals surface area contributed by atoms with Gasteiger partial charge in [-0.2, -0.15) is 0 Å². The van der Waals surface area contributed by atoms with E-state index in [2.05, 4.69) is 65.9 Å². The second kappa shape index (κ2) is 5.68. The van der Waals surface area contributed by atoms with Crippen molar-refractivity contribution in [1.82, 2.24) is 0 Å². The van der Waals surface area contributed by atoms with Crippen molar-refractivity contribution in [2.75, 3.05) is 18.0 Å². The van der Waals surface area contributed by atoms with Crippen LogP contribution in [0.3, 0.4) is 0 Å². The fraction of sp³-hybridized carbons (Fsp3) is 0.500. The van der Waals surface area contributed by atoms with E-state index in [1.807, 2.05) is 0 Å². The summed E-state index contributed by atoms with van der Waals surface area (Å²) in [6, 6.07) is 6.41. The van der Waals surface area contributed by atoms with Crippen molar-refractivity contribution in [3.8, 4) is 0 Å². The molecule has 0 radical (unpaired) electrons. The van der Waals surface area contributed by atoms with Gasteiger partial charge in [0.15, 0.2) is 0 Å². The third kappa shape index (κ3) is 3.40. The Morgan fingerprint density at radius 3 is 2.53 bits per heavy atom. The SMILES string of the molecule is CC(C)(C)C1=CCN(c2ccc(CN)cc2Br)CC1.